The Morgan fingerprint density at radius 1 is 1.27 bits per heavy atom. The van der Waals surface area contributed by atoms with Gasteiger partial charge in [0.05, 0.1) is 11.9 Å². The molecule has 0 spiro atoms. The molecule has 3 atom stereocenters. The highest BCUT2D eigenvalue weighted by Crippen LogP contribution is 2.63. The Hall–Kier alpha value is -3.05. The van der Waals surface area contributed by atoms with Crippen molar-refractivity contribution in [2.45, 2.75) is 18.0 Å². The van der Waals surface area contributed by atoms with Crippen LogP contribution in [0.15, 0.2) is 41.4 Å². The molecule has 172 valence electrons. The smallest absolute Gasteiger partial charge is 0.382 e. The summed E-state index contributed by atoms with van der Waals surface area (Å²) in [5.74, 6) is 1.56. The van der Waals surface area contributed by atoms with Crippen LogP contribution in [0.4, 0.5) is 24.8 Å². The summed E-state index contributed by atoms with van der Waals surface area (Å²) >= 11 is 1.68. The molecule has 7 nitrogen and oxygen atoms in total. The molecule has 2 fully saturated rings. The molecule has 3 aromatic heterocycles. The summed E-state index contributed by atoms with van der Waals surface area (Å²) in [6.07, 6.45) is -1.08. The maximum Gasteiger partial charge on any atom is 0.433 e. The van der Waals surface area contributed by atoms with Gasteiger partial charge in [-0.3, -0.25) is 10.4 Å². The summed E-state index contributed by atoms with van der Waals surface area (Å²) in [7, 11) is 0. The monoisotopic (exact) mass is 473 g/mol. The third-order valence-corrected chi connectivity index (χ3v) is 7.59. The standard InChI is InChI=1S/C22H22F3N7S/c23-22(24,25)16-7-12(1-4-29-16)18(27)19-20(28)31-17(8-30-19)32-5-2-14-15(9-32)21(14,11-26)13-3-6-33-10-13/h1,3-4,6-8,10,14-15,27H,2,5,9,11,26H2,(H2,28,31). The van der Waals surface area contributed by atoms with E-state index in [4.69, 9.17) is 16.9 Å². The van der Waals surface area contributed by atoms with Gasteiger partial charge in [0.25, 0.3) is 0 Å². The van der Waals surface area contributed by atoms with Crippen LogP contribution in [0.1, 0.15) is 28.9 Å². The van der Waals surface area contributed by atoms with Crippen LogP contribution in [0.5, 0.6) is 0 Å². The molecule has 11 heteroatoms. The minimum Gasteiger partial charge on any atom is -0.382 e. The van der Waals surface area contributed by atoms with E-state index in [-0.39, 0.29) is 28.2 Å². The second-order valence-electron chi connectivity index (χ2n) is 8.47. The van der Waals surface area contributed by atoms with Crippen LogP contribution >= 0.6 is 11.3 Å². The van der Waals surface area contributed by atoms with E-state index in [0.29, 0.717) is 24.2 Å². The molecule has 4 heterocycles. The zero-order valence-electron chi connectivity index (χ0n) is 17.5. The van der Waals surface area contributed by atoms with Gasteiger partial charge >= 0.3 is 6.18 Å². The lowest BCUT2D eigenvalue weighted by Crippen LogP contribution is -2.33. The molecule has 0 aromatic carbocycles. The van der Waals surface area contributed by atoms with Gasteiger partial charge in [0.2, 0.25) is 0 Å². The summed E-state index contributed by atoms with van der Waals surface area (Å²) in [6, 6.07) is 4.29. The number of alkyl halides is 3. The first-order valence-corrected chi connectivity index (χ1v) is 11.4. The predicted octanol–water partition coefficient (Wildman–Crippen LogP) is 3.30. The number of piperidine rings is 1. The van der Waals surface area contributed by atoms with Crippen LogP contribution < -0.4 is 16.4 Å². The van der Waals surface area contributed by atoms with Gasteiger partial charge in [0.1, 0.15) is 17.2 Å². The van der Waals surface area contributed by atoms with E-state index in [0.717, 1.165) is 31.8 Å². The van der Waals surface area contributed by atoms with Crippen LogP contribution in [-0.4, -0.2) is 40.3 Å². The van der Waals surface area contributed by atoms with Crippen molar-refractivity contribution in [1.82, 2.24) is 15.0 Å². The predicted molar refractivity (Wildman–Crippen MR) is 120 cm³/mol. The Morgan fingerprint density at radius 2 is 2.09 bits per heavy atom. The Bertz CT molecular complexity index is 1200. The Kier molecular flexibility index (Phi) is 5.13. The lowest BCUT2D eigenvalue weighted by molar-refractivity contribution is -0.141. The molecule has 1 saturated heterocycles. The molecule has 0 amide bonds. The number of rotatable bonds is 5. The molecule has 2 aliphatic rings. The Labute approximate surface area is 192 Å². The van der Waals surface area contributed by atoms with Crippen LogP contribution in [0.2, 0.25) is 0 Å². The summed E-state index contributed by atoms with van der Waals surface area (Å²) in [4.78, 5) is 14.2. The van der Waals surface area contributed by atoms with Gasteiger partial charge < -0.3 is 16.4 Å². The van der Waals surface area contributed by atoms with Crippen LogP contribution in [0.25, 0.3) is 0 Å². The van der Waals surface area contributed by atoms with E-state index in [1.807, 2.05) is 0 Å². The fraction of sp³-hybridized carbons (Fsp3) is 0.364. The summed E-state index contributed by atoms with van der Waals surface area (Å²) in [5.41, 5.74) is 12.4. The van der Waals surface area contributed by atoms with E-state index >= 15 is 0 Å². The molecule has 0 radical (unpaired) electrons. The van der Waals surface area contributed by atoms with Crippen molar-refractivity contribution in [2.75, 3.05) is 30.3 Å². The number of nitrogens with two attached hydrogens (primary N) is 2. The number of thiophene rings is 1. The number of hydrogen-bond donors (Lipinski definition) is 3. The molecule has 1 aliphatic carbocycles. The maximum absolute atomic E-state index is 13.0. The number of fused-ring (bicyclic) bond motifs is 1. The lowest BCUT2D eigenvalue weighted by Gasteiger charge is -2.27. The van der Waals surface area contributed by atoms with Crippen molar-refractivity contribution in [3.8, 4) is 0 Å². The Balaban J connectivity index is 1.36. The first-order valence-electron chi connectivity index (χ1n) is 10.5. The molecule has 5 N–H and O–H groups in total. The van der Waals surface area contributed by atoms with E-state index in [1.165, 1.54) is 17.8 Å². The largest absolute Gasteiger partial charge is 0.433 e. The number of aromatic nitrogens is 3. The minimum absolute atomic E-state index is 0.00344. The second-order valence-corrected chi connectivity index (χ2v) is 9.25. The van der Waals surface area contributed by atoms with Crippen LogP contribution in [0.3, 0.4) is 0 Å². The second kappa shape index (κ2) is 7.77. The fourth-order valence-corrected chi connectivity index (χ4v) is 5.93. The number of nitrogen functional groups attached to an aromatic ring is 1. The van der Waals surface area contributed by atoms with Gasteiger partial charge in [-0.15, -0.1) is 0 Å². The molecule has 5 rings (SSSR count). The SMILES string of the molecule is N=C(c1ccnc(C(F)(F)F)c1)c1ncc(N2CCC3C(C2)C3(CN)c2ccsc2)nc1N. The normalized spacial score (nSPS) is 24.4. The van der Waals surface area contributed by atoms with Gasteiger partial charge in [0.15, 0.2) is 5.82 Å². The summed E-state index contributed by atoms with van der Waals surface area (Å²) in [6.45, 7) is 2.17. The summed E-state index contributed by atoms with van der Waals surface area (Å²) in [5, 5.41) is 12.6. The van der Waals surface area contributed by atoms with E-state index < -0.39 is 11.9 Å². The fourth-order valence-electron chi connectivity index (χ4n) is 5.18. The average Bonchev–Trinajstić information content (AvgIpc) is 3.13. The van der Waals surface area contributed by atoms with E-state index in [2.05, 4.69) is 36.7 Å². The van der Waals surface area contributed by atoms with Gasteiger partial charge in [-0.05, 0) is 52.8 Å². The molecule has 0 bridgehead atoms. The molecular formula is C22H22F3N7S. The first-order chi connectivity index (χ1) is 15.8. The molecule has 1 aliphatic heterocycles. The highest BCUT2D eigenvalue weighted by Gasteiger charge is 2.65. The number of nitrogens with zero attached hydrogens (tertiary/aromatic N) is 4. The summed E-state index contributed by atoms with van der Waals surface area (Å²) < 4.78 is 38.9. The van der Waals surface area contributed by atoms with E-state index in [9.17, 15) is 13.2 Å². The zero-order chi connectivity index (χ0) is 23.4. The highest BCUT2D eigenvalue weighted by atomic mass is 32.1. The van der Waals surface area contributed by atoms with Gasteiger partial charge in [0, 0.05) is 36.8 Å². The van der Waals surface area contributed by atoms with E-state index in [1.54, 1.807) is 11.3 Å². The van der Waals surface area contributed by atoms with Gasteiger partial charge in [-0.25, -0.2) is 9.97 Å². The van der Waals surface area contributed by atoms with Gasteiger partial charge in [-0.2, -0.15) is 24.5 Å². The molecule has 3 unspecified atom stereocenters. The molecule has 1 saturated carbocycles. The molecule has 3 aromatic rings. The van der Waals surface area contributed by atoms with Crippen molar-refractivity contribution in [3.05, 3.63) is 63.9 Å². The number of halogens is 3. The quantitative estimate of drug-likeness (QED) is 0.490. The van der Waals surface area contributed by atoms with Crippen LogP contribution in [0, 0.1) is 17.2 Å². The van der Waals surface area contributed by atoms with Crippen molar-refractivity contribution in [1.29, 1.82) is 5.41 Å². The maximum atomic E-state index is 13.0. The van der Waals surface area contributed by atoms with Crippen LogP contribution in [-0.2, 0) is 11.6 Å². The number of nitrogens with one attached hydrogen (secondary N) is 1. The highest BCUT2D eigenvalue weighted by molar-refractivity contribution is 7.08. The molecule has 33 heavy (non-hydrogen) atoms. The lowest BCUT2D eigenvalue weighted by atomic mass is 9.94. The zero-order valence-corrected chi connectivity index (χ0v) is 18.3. The topological polar surface area (TPSA) is 118 Å². The van der Waals surface area contributed by atoms with Crippen molar-refractivity contribution in [2.24, 2.45) is 17.6 Å². The number of anilines is 2. The number of hydrogen-bond acceptors (Lipinski definition) is 8. The third kappa shape index (κ3) is 3.55. The van der Waals surface area contributed by atoms with Crippen molar-refractivity contribution < 1.29 is 13.2 Å². The third-order valence-electron chi connectivity index (χ3n) is 6.91. The number of pyridine rings is 1. The minimum atomic E-state index is -4.60. The Morgan fingerprint density at radius 3 is 2.76 bits per heavy atom. The average molecular weight is 474 g/mol. The molecular weight excluding hydrogens is 451 g/mol. The van der Waals surface area contributed by atoms with Gasteiger partial charge in [-0.1, -0.05) is 0 Å². The van der Waals surface area contributed by atoms with Crippen molar-refractivity contribution in [3.63, 3.8) is 0 Å². The van der Waals surface area contributed by atoms with Crippen molar-refractivity contribution >= 4 is 28.7 Å². The first kappa shape index (κ1) is 21.8.